The topological polar surface area (TPSA) is 44.8 Å². The number of benzene rings is 1. The van der Waals surface area contributed by atoms with Crippen molar-refractivity contribution in [3.05, 3.63) is 48.5 Å². The van der Waals surface area contributed by atoms with Gasteiger partial charge in [-0.2, -0.15) is 0 Å². The maximum atomic E-state index is 4.44. The Kier molecular flexibility index (Phi) is 3.39. The highest BCUT2D eigenvalue weighted by atomic mass is 15.2. The molecule has 0 aliphatic carbocycles. The summed E-state index contributed by atoms with van der Waals surface area (Å²) in [5, 5.41) is 0. The van der Waals surface area contributed by atoms with Crippen LogP contribution in [-0.2, 0) is 0 Å². The predicted octanol–water partition coefficient (Wildman–Crippen LogP) is 3.78. The molecule has 2 aromatic heterocycles. The molecule has 4 rings (SSSR count). The van der Waals surface area contributed by atoms with Gasteiger partial charge in [0.2, 0.25) is 0 Å². The minimum absolute atomic E-state index is 0.466. The fourth-order valence-corrected chi connectivity index (χ4v) is 3.38. The van der Waals surface area contributed by atoms with Crippen molar-refractivity contribution in [1.82, 2.24) is 19.9 Å². The first-order valence-electron chi connectivity index (χ1n) is 7.94. The maximum absolute atomic E-state index is 4.44. The Bertz CT molecular complexity index is 786. The largest absolute Gasteiger partial charge is 0.343 e. The van der Waals surface area contributed by atoms with Crippen molar-refractivity contribution in [2.75, 3.05) is 13.1 Å². The summed E-state index contributed by atoms with van der Waals surface area (Å²) in [6.45, 7) is 4.72. The summed E-state index contributed by atoms with van der Waals surface area (Å²) in [6, 6.07) is 9.26. The Balaban J connectivity index is 1.74. The minimum Gasteiger partial charge on any atom is -0.343 e. The summed E-state index contributed by atoms with van der Waals surface area (Å²) >= 11 is 0. The lowest BCUT2D eigenvalue weighted by atomic mass is 10.00. The third-order valence-electron chi connectivity index (χ3n) is 4.70. The zero-order valence-corrected chi connectivity index (χ0v) is 12.8. The second-order valence-corrected chi connectivity index (χ2v) is 6.03. The zero-order valence-electron chi connectivity index (χ0n) is 12.8. The van der Waals surface area contributed by atoms with Gasteiger partial charge >= 0.3 is 0 Å². The van der Waals surface area contributed by atoms with Gasteiger partial charge in [-0.3, -0.25) is 9.88 Å². The van der Waals surface area contributed by atoms with Gasteiger partial charge in [-0.05, 0) is 50.0 Å². The Morgan fingerprint density at radius 2 is 2.05 bits per heavy atom. The van der Waals surface area contributed by atoms with Crippen molar-refractivity contribution in [2.45, 2.75) is 25.8 Å². The molecule has 0 amide bonds. The van der Waals surface area contributed by atoms with Gasteiger partial charge in [0, 0.05) is 17.8 Å². The van der Waals surface area contributed by atoms with Crippen molar-refractivity contribution in [3.8, 4) is 11.1 Å². The SMILES string of the molecule is CC(c1cccc(-c2cncc3[nH]cnc23)c1)N1CCCC1. The molecule has 4 nitrogen and oxygen atoms in total. The van der Waals surface area contributed by atoms with Crippen LogP contribution in [0.2, 0.25) is 0 Å². The van der Waals surface area contributed by atoms with Crippen molar-refractivity contribution in [2.24, 2.45) is 0 Å². The number of pyridine rings is 1. The number of hydrogen-bond acceptors (Lipinski definition) is 3. The smallest absolute Gasteiger partial charge is 0.0992 e. The quantitative estimate of drug-likeness (QED) is 0.799. The van der Waals surface area contributed by atoms with Crippen LogP contribution in [0.5, 0.6) is 0 Å². The molecule has 3 heterocycles. The van der Waals surface area contributed by atoms with Crippen molar-refractivity contribution >= 4 is 11.0 Å². The molecular weight excluding hydrogens is 272 g/mol. The van der Waals surface area contributed by atoms with E-state index in [9.17, 15) is 0 Å². The fraction of sp³-hybridized carbons (Fsp3) is 0.333. The number of likely N-dealkylation sites (tertiary alicyclic amines) is 1. The monoisotopic (exact) mass is 292 g/mol. The Hall–Kier alpha value is -2.20. The first-order valence-corrected chi connectivity index (χ1v) is 7.94. The highest BCUT2D eigenvalue weighted by molar-refractivity contribution is 5.90. The second kappa shape index (κ2) is 5.54. The Morgan fingerprint density at radius 3 is 2.91 bits per heavy atom. The normalized spacial score (nSPS) is 17.1. The van der Waals surface area contributed by atoms with E-state index in [0.717, 1.165) is 16.6 Å². The van der Waals surface area contributed by atoms with E-state index < -0.39 is 0 Å². The predicted molar refractivity (Wildman–Crippen MR) is 88.5 cm³/mol. The molecule has 1 aliphatic heterocycles. The number of nitrogens with one attached hydrogen (secondary N) is 1. The van der Waals surface area contributed by atoms with Gasteiger partial charge in [-0.1, -0.05) is 18.2 Å². The fourth-order valence-electron chi connectivity index (χ4n) is 3.38. The van der Waals surface area contributed by atoms with E-state index in [4.69, 9.17) is 0 Å². The summed E-state index contributed by atoms with van der Waals surface area (Å²) in [7, 11) is 0. The third-order valence-corrected chi connectivity index (χ3v) is 4.70. The van der Waals surface area contributed by atoms with Crippen molar-refractivity contribution < 1.29 is 0 Å². The minimum atomic E-state index is 0.466. The van der Waals surface area contributed by atoms with Crippen LogP contribution in [0.15, 0.2) is 43.0 Å². The molecular formula is C18H20N4. The number of imidazole rings is 1. The van der Waals surface area contributed by atoms with E-state index in [1.807, 2.05) is 12.4 Å². The maximum Gasteiger partial charge on any atom is 0.0992 e. The molecule has 112 valence electrons. The highest BCUT2D eigenvalue weighted by Gasteiger charge is 2.19. The molecule has 0 saturated carbocycles. The van der Waals surface area contributed by atoms with Gasteiger partial charge in [0.25, 0.3) is 0 Å². The molecule has 1 N–H and O–H groups in total. The first kappa shape index (κ1) is 13.5. The Labute approximate surface area is 130 Å². The average Bonchev–Trinajstić information content (AvgIpc) is 3.25. The van der Waals surface area contributed by atoms with E-state index >= 15 is 0 Å². The van der Waals surface area contributed by atoms with Crippen LogP contribution in [0.3, 0.4) is 0 Å². The van der Waals surface area contributed by atoms with Crippen LogP contribution in [-0.4, -0.2) is 32.9 Å². The molecule has 22 heavy (non-hydrogen) atoms. The van der Waals surface area contributed by atoms with Crippen LogP contribution in [0.1, 0.15) is 31.4 Å². The van der Waals surface area contributed by atoms with Crippen LogP contribution < -0.4 is 0 Å². The molecule has 0 spiro atoms. The molecule has 1 saturated heterocycles. The van der Waals surface area contributed by atoms with Gasteiger partial charge < -0.3 is 4.98 Å². The van der Waals surface area contributed by atoms with E-state index in [2.05, 4.69) is 51.0 Å². The summed E-state index contributed by atoms with van der Waals surface area (Å²) in [5.41, 5.74) is 5.62. The van der Waals surface area contributed by atoms with Gasteiger partial charge in [0.15, 0.2) is 0 Å². The van der Waals surface area contributed by atoms with Crippen molar-refractivity contribution in [3.63, 3.8) is 0 Å². The van der Waals surface area contributed by atoms with Gasteiger partial charge in [-0.25, -0.2) is 4.98 Å². The Morgan fingerprint density at radius 1 is 1.18 bits per heavy atom. The van der Waals surface area contributed by atoms with Crippen LogP contribution in [0.4, 0.5) is 0 Å². The van der Waals surface area contributed by atoms with Gasteiger partial charge in [-0.15, -0.1) is 0 Å². The lowest BCUT2D eigenvalue weighted by Crippen LogP contribution is -2.23. The van der Waals surface area contributed by atoms with Crippen LogP contribution in [0.25, 0.3) is 22.2 Å². The number of aromatic amines is 1. The lowest BCUT2D eigenvalue weighted by Gasteiger charge is -2.24. The standard InChI is InChI=1S/C18H20N4/c1-13(22-7-2-3-8-22)14-5-4-6-15(9-14)16-10-19-11-17-18(16)21-12-20-17/h4-6,9-13H,2-3,7-8H2,1H3,(H,20,21). The van der Waals surface area contributed by atoms with Gasteiger partial charge in [0.05, 0.1) is 23.6 Å². The summed E-state index contributed by atoms with van der Waals surface area (Å²) < 4.78 is 0. The number of fused-ring (bicyclic) bond motifs is 1. The van der Waals surface area contributed by atoms with Crippen molar-refractivity contribution in [1.29, 1.82) is 0 Å². The second-order valence-electron chi connectivity index (χ2n) is 6.03. The molecule has 1 aliphatic rings. The zero-order chi connectivity index (χ0) is 14.9. The first-order chi connectivity index (χ1) is 10.8. The number of rotatable bonds is 3. The summed E-state index contributed by atoms with van der Waals surface area (Å²) in [5.74, 6) is 0. The third kappa shape index (κ3) is 2.29. The van der Waals surface area contributed by atoms with Gasteiger partial charge in [0.1, 0.15) is 0 Å². The number of nitrogens with zero attached hydrogens (tertiary/aromatic N) is 3. The van der Waals surface area contributed by atoms with Crippen LogP contribution >= 0.6 is 0 Å². The highest BCUT2D eigenvalue weighted by Crippen LogP contribution is 2.30. The average molecular weight is 292 g/mol. The number of hydrogen-bond donors (Lipinski definition) is 1. The number of aromatic nitrogens is 3. The molecule has 1 fully saturated rings. The molecule has 1 atom stereocenters. The molecule has 3 aromatic rings. The summed E-state index contributed by atoms with van der Waals surface area (Å²) in [6.07, 6.45) is 8.10. The van der Waals surface area contributed by atoms with Crippen LogP contribution in [0, 0.1) is 0 Å². The molecule has 0 radical (unpaired) electrons. The number of H-pyrrole nitrogens is 1. The van der Waals surface area contributed by atoms with E-state index in [1.165, 1.54) is 37.1 Å². The van der Waals surface area contributed by atoms with E-state index in [1.54, 1.807) is 6.33 Å². The molecule has 0 bridgehead atoms. The molecule has 1 unspecified atom stereocenters. The summed E-state index contributed by atoms with van der Waals surface area (Å²) in [4.78, 5) is 14.5. The van der Waals surface area contributed by atoms with E-state index in [0.29, 0.717) is 6.04 Å². The molecule has 1 aromatic carbocycles. The molecule has 4 heteroatoms. The van der Waals surface area contributed by atoms with E-state index in [-0.39, 0.29) is 0 Å². The lowest BCUT2D eigenvalue weighted by molar-refractivity contribution is 0.263.